The number of carbonyl (C=O) groups excluding carboxylic acids is 2. The third-order valence-corrected chi connectivity index (χ3v) is 4.21. The predicted octanol–water partition coefficient (Wildman–Crippen LogP) is 3.27. The molecule has 5 nitrogen and oxygen atoms in total. The second-order valence-corrected chi connectivity index (χ2v) is 6.03. The van der Waals surface area contributed by atoms with Crippen molar-refractivity contribution in [1.82, 2.24) is 5.32 Å². The van der Waals surface area contributed by atoms with Crippen molar-refractivity contribution in [2.24, 2.45) is 4.99 Å². The molecule has 0 spiro atoms. The summed E-state index contributed by atoms with van der Waals surface area (Å²) in [5.74, 6) is -0.108. The number of aliphatic imine (C=N–C) groups is 1. The summed E-state index contributed by atoms with van der Waals surface area (Å²) in [4.78, 5) is 28.1. The Morgan fingerprint density at radius 1 is 1.29 bits per heavy atom. The van der Waals surface area contributed by atoms with E-state index >= 15 is 0 Å². The molecule has 1 atom stereocenters. The topological polar surface area (TPSA) is 67.8 Å². The van der Waals surface area contributed by atoms with Crippen LogP contribution in [0.1, 0.15) is 32.4 Å². The number of amidine groups is 1. The van der Waals surface area contributed by atoms with Crippen LogP contribution in [0.3, 0.4) is 0 Å². The number of ketones is 1. The standard InChI is InChI=1S/C17H20N2O3S.ClH/c1-4-22-14(21)10-23-17-18-11(2)15(12(3)20)16(19-17)13-8-6-5-7-9-13;/h5-9,16H,4,10H2,1-3H3,(H,18,19);1H. The number of benzene rings is 1. The lowest BCUT2D eigenvalue weighted by atomic mass is 9.94. The van der Waals surface area contributed by atoms with Crippen LogP contribution < -0.4 is 5.32 Å². The Labute approximate surface area is 152 Å². The van der Waals surface area contributed by atoms with E-state index in [-0.39, 0.29) is 36.0 Å². The van der Waals surface area contributed by atoms with Crippen LogP contribution in [0.25, 0.3) is 0 Å². The fourth-order valence-corrected chi connectivity index (χ4v) is 3.13. The Balaban J connectivity index is 0.00000288. The molecule has 24 heavy (non-hydrogen) atoms. The van der Waals surface area contributed by atoms with Crippen LogP contribution in [0, 0.1) is 0 Å². The molecule has 1 unspecified atom stereocenters. The van der Waals surface area contributed by atoms with Gasteiger partial charge in [-0.15, -0.1) is 12.4 Å². The average molecular weight is 369 g/mol. The number of hydrogen-bond acceptors (Lipinski definition) is 6. The van der Waals surface area contributed by atoms with Gasteiger partial charge in [-0.25, -0.2) is 4.99 Å². The molecule has 0 fully saturated rings. The van der Waals surface area contributed by atoms with Crippen LogP contribution in [0.2, 0.25) is 0 Å². The summed E-state index contributed by atoms with van der Waals surface area (Å²) in [7, 11) is 0. The molecule has 1 aromatic carbocycles. The van der Waals surface area contributed by atoms with Gasteiger partial charge in [-0.2, -0.15) is 0 Å². The van der Waals surface area contributed by atoms with E-state index in [4.69, 9.17) is 4.74 Å². The molecule has 7 heteroatoms. The molecule has 1 N–H and O–H groups in total. The van der Waals surface area contributed by atoms with E-state index in [0.717, 1.165) is 11.3 Å². The van der Waals surface area contributed by atoms with Gasteiger partial charge in [0, 0.05) is 11.3 Å². The molecule has 0 aliphatic carbocycles. The van der Waals surface area contributed by atoms with Crippen molar-refractivity contribution in [3.05, 3.63) is 47.2 Å². The van der Waals surface area contributed by atoms with Crippen molar-refractivity contribution in [3.8, 4) is 0 Å². The predicted molar refractivity (Wildman–Crippen MR) is 99.5 cm³/mol. The molecule has 2 rings (SSSR count). The highest BCUT2D eigenvalue weighted by Gasteiger charge is 2.27. The minimum absolute atomic E-state index is 0. The van der Waals surface area contributed by atoms with Gasteiger partial charge < -0.3 is 10.1 Å². The first-order chi connectivity index (χ1) is 11.0. The van der Waals surface area contributed by atoms with Gasteiger partial charge in [0.05, 0.1) is 12.4 Å². The van der Waals surface area contributed by atoms with Crippen molar-refractivity contribution in [2.45, 2.75) is 26.8 Å². The third-order valence-electron chi connectivity index (χ3n) is 3.34. The Morgan fingerprint density at radius 3 is 2.54 bits per heavy atom. The fourth-order valence-electron chi connectivity index (χ4n) is 2.38. The zero-order chi connectivity index (χ0) is 16.8. The lowest BCUT2D eigenvalue weighted by Gasteiger charge is -2.25. The van der Waals surface area contributed by atoms with Crippen LogP contribution in [-0.2, 0) is 14.3 Å². The number of nitrogens with one attached hydrogen (secondary N) is 1. The highest BCUT2D eigenvalue weighted by molar-refractivity contribution is 8.14. The van der Waals surface area contributed by atoms with Crippen molar-refractivity contribution in [1.29, 1.82) is 0 Å². The maximum absolute atomic E-state index is 12.0. The molecule has 1 heterocycles. The second kappa shape index (κ2) is 9.49. The highest BCUT2D eigenvalue weighted by atomic mass is 35.5. The Morgan fingerprint density at radius 2 is 1.96 bits per heavy atom. The summed E-state index contributed by atoms with van der Waals surface area (Å²) in [6.07, 6.45) is 0. The Kier molecular flexibility index (Phi) is 8.01. The Hall–Kier alpha value is -1.79. The van der Waals surface area contributed by atoms with Crippen LogP contribution in [0.5, 0.6) is 0 Å². The smallest absolute Gasteiger partial charge is 0.316 e. The van der Waals surface area contributed by atoms with E-state index in [1.807, 2.05) is 37.3 Å². The third kappa shape index (κ3) is 5.11. The van der Waals surface area contributed by atoms with Gasteiger partial charge in [0.2, 0.25) is 0 Å². The van der Waals surface area contributed by atoms with Crippen molar-refractivity contribution >= 4 is 41.1 Å². The summed E-state index contributed by atoms with van der Waals surface area (Å²) in [6.45, 7) is 5.53. The van der Waals surface area contributed by atoms with E-state index in [0.29, 0.717) is 17.3 Å². The van der Waals surface area contributed by atoms with Crippen LogP contribution in [0.15, 0.2) is 46.6 Å². The minimum atomic E-state index is -0.348. The zero-order valence-electron chi connectivity index (χ0n) is 13.9. The number of ether oxygens (including phenoxy) is 1. The molecule has 0 radical (unpaired) electrons. The molecule has 0 saturated carbocycles. The average Bonchev–Trinajstić information content (AvgIpc) is 2.53. The van der Waals surface area contributed by atoms with Gasteiger partial charge in [-0.1, -0.05) is 42.1 Å². The quantitative estimate of drug-likeness (QED) is 0.808. The molecule has 0 bridgehead atoms. The first-order valence-corrected chi connectivity index (χ1v) is 8.41. The van der Waals surface area contributed by atoms with E-state index in [1.165, 1.54) is 11.8 Å². The van der Waals surface area contributed by atoms with Gasteiger partial charge in [0.15, 0.2) is 11.0 Å². The maximum Gasteiger partial charge on any atom is 0.316 e. The molecule has 1 aliphatic heterocycles. The molecule has 0 aromatic heterocycles. The highest BCUT2D eigenvalue weighted by Crippen LogP contribution is 2.32. The zero-order valence-corrected chi connectivity index (χ0v) is 15.5. The molecular formula is C17H21ClN2O3S. The van der Waals surface area contributed by atoms with Crippen molar-refractivity contribution in [3.63, 3.8) is 0 Å². The summed E-state index contributed by atoms with van der Waals surface area (Å²) >= 11 is 1.28. The number of thioether (sulfide) groups is 1. The van der Waals surface area contributed by atoms with Gasteiger partial charge in [0.25, 0.3) is 0 Å². The van der Waals surface area contributed by atoms with Gasteiger partial charge in [0.1, 0.15) is 6.04 Å². The van der Waals surface area contributed by atoms with Crippen LogP contribution in [0.4, 0.5) is 0 Å². The molecule has 0 amide bonds. The van der Waals surface area contributed by atoms with E-state index in [9.17, 15) is 9.59 Å². The molecule has 130 valence electrons. The number of rotatable bonds is 5. The maximum atomic E-state index is 12.0. The van der Waals surface area contributed by atoms with Crippen LogP contribution in [-0.4, -0.2) is 29.3 Å². The Bertz CT molecular complexity index is 659. The summed E-state index contributed by atoms with van der Waals surface area (Å²) < 4.78 is 4.92. The number of nitrogens with zero attached hydrogens (tertiary/aromatic N) is 1. The lowest BCUT2D eigenvalue weighted by Crippen LogP contribution is -2.30. The van der Waals surface area contributed by atoms with E-state index in [2.05, 4.69) is 10.3 Å². The number of hydrogen-bond donors (Lipinski definition) is 1. The number of Topliss-reactive ketones (excluding diaryl/α,β-unsaturated/α-hetero) is 1. The van der Waals surface area contributed by atoms with Crippen LogP contribution >= 0.6 is 24.2 Å². The van der Waals surface area contributed by atoms with Gasteiger partial charge in [-0.05, 0) is 26.3 Å². The number of allylic oxidation sites excluding steroid dienone is 1. The first-order valence-electron chi connectivity index (χ1n) is 7.42. The molecule has 1 aliphatic rings. The SMILES string of the molecule is CCOC(=O)CSC1=NC(c2ccccc2)C(C(C)=O)=C(C)N1.Cl. The summed E-state index contributed by atoms with van der Waals surface area (Å²) in [5, 5.41) is 3.73. The van der Waals surface area contributed by atoms with Gasteiger partial charge in [-0.3, -0.25) is 9.59 Å². The fraction of sp³-hybridized carbons (Fsp3) is 0.353. The van der Waals surface area contributed by atoms with Gasteiger partial charge >= 0.3 is 5.97 Å². The van der Waals surface area contributed by atoms with Crippen molar-refractivity contribution in [2.75, 3.05) is 12.4 Å². The monoisotopic (exact) mass is 368 g/mol. The second-order valence-electron chi connectivity index (χ2n) is 5.06. The molecule has 1 aromatic rings. The summed E-state index contributed by atoms with van der Waals surface area (Å²) in [5.41, 5.74) is 2.37. The minimum Gasteiger partial charge on any atom is -0.465 e. The molecule has 0 saturated heterocycles. The lowest BCUT2D eigenvalue weighted by molar-refractivity contribution is -0.139. The number of carbonyl (C=O) groups is 2. The number of esters is 1. The largest absolute Gasteiger partial charge is 0.465 e. The van der Waals surface area contributed by atoms with Crippen molar-refractivity contribution < 1.29 is 14.3 Å². The summed E-state index contributed by atoms with van der Waals surface area (Å²) in [6, 6.07) is 9.32. The molecular weight excluding hydrogens is 348 g/mol. The van der Waals surface area contributed by atoms with E-state index in [1.54, 1.807) is 13.8 Å². The number of halogens is 1. The normalized spacial score (nSPS) is 16.6. The van der Waals surface area contributed by atoms with E-state index < -0.39 is 0 Å². The first kappa shape index (κ1) is 20.3.